The van der Waals surface area contributed by atoms with Crippen molar-refractivity contribution in [3.63, 3.8) is 0 Å². The highest BCUT2D eigenvalue weighted by molar-refractivity contribution is 7.90. The van der Waals surface area contributed by atoms with Crippen LogP contribution < -0.4 is 9.44 Å². The van der Waals surface area contributed by atoms with Crippen molar-refractivity contribution < 1.29 is 16.8 Å². The van der Waals surface area contributed by atoms with Crippen molar-refractivity contribution >= 4 is 20.0 Å². The maximum absolute atomic E-state index is 12.8. The summed E-state index contributed by atoms with van der Waals surface area (Å²) in [6.45, 7) is 0. The molecule has 0 heterocycles. The molecule has 0 aliphatic heterocycles. The molecule has 0 bridgehead atoms. The van der Waals surface area contributed by atoms with Gasteiger partial charge in [-0.25, -0.2) is 26.3 Å². The standard InChI is InChI=1S/C20H24N2O4S2/c23-27(24,21-16-6-2-3-7-16)17-10-12-18(13-11-17)28(25,26)22-20-14-9-15-5-1-4-8-19(15)20/h1,4-5,8,10-13,16,20-22H,2-3,6-7,9,14H2/t20-/m1/s1. The number of hydrogen-bond acceptors (Lipinski definition) is 4. The molecule has 2 aromatic rings. The third kappa shape index (κ3) is 4.00. The first-order valence-corrected chi connectivity index (χ1v) is 12.5. The van der Waals surface area contributed by atoms with Crippen molar-refractivity contribution in [3.05, 3.63) is 59.7 Å². The van der Waals surface area contributed by atoms with E-state index in [2.05, 4.69) is 9.44 Å². The van der Waals surface area contributed by atoms with Crippen molar-refractivity contribution in [2.24, 2.45) is 0 Å². The van der Waals surface area contributed by atoms with Crippen LogP contribution >= 0.6 is 0 Å². The summed E-state index contributed by atoms with van der Waals surface area (Å²) in [7, 11) is -7.37. The number of sulfonamides is 2. The second-order valence-corrected chi connectivity index (χ2v) is 10.9. The Hall–Kier alpha value is -1.74. The quantitative estimate of drug-likeness (QED) is 0.752. The third-order valence-corrected chi connectivity index (χ3v) is 8.58. The molecule has 1 saturated carbocycles. The summed E-state index contributed by atoms with van der Waals surface area (Å²) in [6, 6.07) is 12.9. The van der Waals surface area contributed by atoms with Crippen molar-refractivity contribution in [1.82, 2.24) is 9.44 Å². The maximum atomic E-state index is 12.8. The van der Waals surface area contributed by atoms with Gasteiger partial charge in [-0.2, -0.15) is 0 Å². The molecule has 2 N–H and O–H groups in total. The Labute approximate surface area is 166 Å². The third-order valence-electron chi connectivity index (χ3n) is 5.55. The first-order valence-electron chi connectivity index (χ1n) is 9.58. The zero-order valence-corrected chi connectivity index (χ0v) is 17.1. The number of rotatable bonds is 6. The van der Waals surface area contributed by atoms with Gasteiger partial charge in [0, 0.05) is 12.1 Å². The van der Waals surface area contributed by atoms with Crippen LogP contribution in [0.15, 0.2) is 58.3 Å². The summed E-state index contributed by atoms with van der Waals surface area (Å²) >= 11 is 0. The Morgan fingerprint density at radius 3 is 1.93 bits per heavy atom. The molecule has 1 fully saturated rings. The molecule has 0 aromatic heterocycles. The first kappa shape index (κ1) is 19.6. The van der Waals surface area contributed by atoms with Gasteiger partial charge in [-0.3, -0.25) is 0 Å². The number of aryl methyl sites for hydroxylation is 1. The normalized spacial score (nSPS) is 20.4. The number of fused-ring (bicyclic) bond motifs is 1. The van der Waals surface area contributed by atoms with Crippen molar-refractivity contribution in [2.45, 2.75) is 60.4 Å². The van der Waals surface area contributed by atoms with Crippen LogP contribution in [-0.2, 0) is 26.5 Å². The Bertz CT molecular complexity index is 1060. The Morgan fingerprint density at radius 1 is 0.714 bits per heavy atom. The average Bonchev–Trinajstić information content (AvgIpc) is 3.32. The Kier molecular flexibility index (Phi) is 5.30. The molecule has 1 atom stereocenters. The molecule has 2 aliphatic carbocycles. The van der Waals surface area contributed by atoms with Crippen molar-refractivity contribution in [1.29, 1.82) is 0 Å². The van der Waals surface area contributed by atoms with Gasteiger partial charge >= 0.3 is 0 Å². The predicted molar refractivity (Wildman–Crippen MR) is 107 cm³/mol. The van der Waals surface area contributed by atoms with E-state index in [0.29, 0.717) is 0 Å². The molecule has 0 unspecified atom stereocenters. The molecule has 150 valence electrons. The minimum absolute atomic E-state index is 0.0301. The van der Waals surface area contributed by atoms with E-state index in [1.54, 1.807) is 0 Å². The second kappa shape index (κ2) is 7.59. The fourth-order valence-corrected chi connectivity index (χ4v) is 6.62. The van der Waals surface area contributed by atoms with E-state index in [-0.39, 0.29) is 21.9 Å². The van der Waals surface area contributed by atoms with Crippen LogP contribution in [0, 0.1) is 0 Å². The molecule has 2 aromatic carbocycles. The fraction of sp³-hybridized carbons (Fsp3) is 0.400. The van der Waals surface area contributed by atoms with E-state index in [1.165, 1.54) is 24.3 Å². The molecule has 0 saturated heterocycles. The lowest BCUT2D eigenvalue weighted by atomic mass is 10.1. The first-order chi connectivity index (χ1) is 13.4. The van der Waals surface area contributed by atoms with E-state index >= 15 is 0 Å². The molecule has 2 aliphatic rings. The van der Waals surface area contributed by atoms with Gasteiger partial charge in [-0.1, -0.05) is 37.1 Å². The molecule has 0 spiro atoms. The summed E-state index contributed by atoms with van der Waals surface area (Å²) in [5.74, 6) is 0. The lowest BCUT2D eigenvalue weighted by Crippen LogP contribution is -2.32. The molecular formula is C20H24N2O4S2. The maximum Gasteiger partial charge on any atom is 0.241 e. The fourth-order valence-electron chi connectivity index (χ4n) is 4.06. The minimum atomic E-state index is -3.74. The van der Waals surface area contributed by atoms with E-state index in [0.717, 1.165) is 49.7 Å². The highest BCUT2D eigenvalue weighted by Gasteiger charge is 2.28. The SMILES string of the molecule is O=S(=O)(NC1CCCC1)c1ccc(S(=O)(=O)N[C@@H]2CCc3ccccc32)cc1. The predicted octanol–water partition coefficient (Wildman–Crippen LogP) is 2.87. The summed E-state index contributed by atoms with van der Waals surface area (Å²) in [5.41, 5.74) is 2.17. The molecule has 8 heteroatoms. The highest BCUT2D eigenvalue weighted by Crippen LogP contribution is 2.32. The lowest BCUT2D eigenvalue weighted by molar-refractivity contribution is 0.549. The van der Waals surface area contributed by atoms with Gasteiger partial charge in [0.25, 0.3) is 0 Å². The molecule has 28 heavy (non-hydrogen) atoms. The van der Waals surface area contributed by atoms with Crippen molar-refractivity contribution in [2.75, 3.05) is 0 Å². The second-order valence-electron chi connectivity index (χ2n) is 7.49. The summed E-state index contributed by atoms with van der Waals surface area (Å²) < 4.78 is 56.0. The van der Waals surface area contributed by atoms with Gasteiger partial charge in [0.05, 0.1) is 9.79 Å². The molecule has 0 radical (unpaired) electrons. The largest absolute Gasteiger partial charge is 0.241 e. The smallest absolute Gasteiger partial charge is 0.208 e. The Morgan fingerprint density at radius 2 is 1.29 bits per heavy atom. The van der Waals surface area contributed by atoms with E-state index < -0.39 is 20.0 Å². The van der Waals surface area contributed by atoms with Crippen molar-refractivity contribution in [3.8, 4) is 0 Å². The minimum Gasteiger partial charge on any atom is -0.208 e. The van der Waals surface area contributed by atoms with Crippen LogP contribution in [0.2, 0.25) is 0 Å². The average molecular weight is 421 g/mol. The molecule has 0 amide bonds. The van der Waals surface area contributed by atoms with Gasteiger partial charge in [0.1, 0.15) is 0 Å². The molecule has 4 rings (SSSR count). The van der Waals surface area contributed by atoms with Gasteiger partial charge < -0.3 is 0 Å². The van der Waals surface area contributed by atoms with Crippen LogP contribution in [-0.4, -0.2) is 22.9 Å². The molecular weight excluding hydrogens is 396 g/mol. The number of benzene rings is 2. The van der Waals surface area contributed by atoms with Crippen LogP contribution in [0.1, 0.15) is 49.3 Å². The van der Waals surface area contributed by atoms with Crippen LogP contribution in [0.5, 0.6) is 0 Å². The zero-order valence-electron chi connectivity index (χ0n) is 15.5. The van der Waals surface area contributed by atoms with Gasteiger partial charge in [0.15, 0.2) is 0 Å². The van der Waals surface area contributed by atoms with Crippen LogP contribution in [0.3, 0.4) is 0 Å². The molecule has 6 nitrogen and oxygen atoms in total. The summed E-state index contributed by atoms with van der Waals surface area (Å²) in [6.07, 6.45) is 5.31. The summed E-state index contributed by atoms with van der Waals surface area (Å²) in [4.78, 5) is 0.154. The summed E-state index contributed by atoms with van der Waals surface area (Å²) in [5, 5.41) is 0. The Balaban J connectivity index is 1.50. The van der Waals surface area contributed by atoms with Crippen LogP contribution in [0.4, 0.5) is 0 Å². The van der Waals surface area contributed by atoms with E-state index in [9.17, 15) is 16.8 Å². The monoisotopic (exact) mass is 420 g/mol. The topological polar surface area (TPSA) is 92.3 Å². The zero-order chi connectivity index (χ0) is 19.8. The van der Waals surface area contributed by atoms with Gasteiger partial charge in [-0.15, -0.1) is 0 Å². The van der Waals surface area contributed by atoms with Gasteiger partial charge in [-0.05, 0) is 61.1 Å². The number of hydrogen-bond donors (Lipinski definition) is 2. The van der Waals surface area contributed by atoms with Gasteiger partial charge in [0.2, 0.25) is 20.0 Å². The number of nitrogens with one attached hydrogen (secondary N) is 2. The highest BCUT2D eigenvalue weighted by atomic mass is 32.2. The van der Waals surface area contributed by atoms with E-state index in [4.69, 9.17) is 0 Å². The van der Waals surface area contributed by atoms with E-state index in [1.807, 2.05) is 24.3 Å². The lowest BCUT2D eigenvalue weighted by Gasteiger charge is -2.15. The van der Waals surface area contributed by atoms with Crippen LogP contribution in [0.25, 0.3) is 0 Å².